The van der Waals surface area contributed by atoms with Crippen molar-refractivity contribution >= 4 is 66.6 Å². The van der Waals surface area contributed by atoms with Crippen molar-refractivity contribution in [1.29, 1.82) is 10.5 Å². The molecule has 0 spiro atoms. The third-order valence-corrected chi connectivity index (χ3v) is 8.97. The molecule has 0 amide bonds. The molecule has 4 heteroatoms. The van der Waals surface area contributed by atoms with Crippen molar-refractivity contribution in [2.45, 2.75) is 11.5 Å². The van der Waals surface area contributed by atoms with Crippen LogP contribution in [0, 0.1) is 22.7 Å². The number of nitrogens with zero attached hydrogens (tertiary/aromatic N) is 2. The maximum absolute atomic E-state index is 9.84. The minimum Gasteiger partial charge on any atom is -0.192 e. The number of hydrogen-bond acceptors (Lipinski definition) is 4. The zero-order valence-electron chi connectivity index (χ0n) is 20.5. The highest BCUT2D eigenvalue weighted by molar-refractivity contribution is 8.06. The lowest BCUT2D eigenvalue weighted by Crippen LogP contribution is -1.87. The SMILES string of the molecule is N#C/C(SCc1ccc2cc3ccccc3cc2c1)=C(/C#N)SCc1ccc2cc3ccccc3cc2c1. The molecule has 38 heavy (non-hydrogen) atoms. The molecular weight excluding hydrogens is 501 g/mol. The van der Waals surface area contributed by atoms with Crippen LogP contribution in [0.1, 0.15) is 11.1 Å². The first kappa shape index (κ1) is 24.1. The monoisotopic (exact) mass is 522 g/mol. The van der Waals surface area contributed by atoms with Crippen molar-refractivity contribution in [3.63, 3.8) is 0 Å². The van der Waals surface area contributed by atoms with Crippen molar-refractivity contribution in [3.05, 3.63) is 130 Å². The Bertz CT molecular complexity index is 1820. The van der Waals surface area contributed by atoms with E-state index in [1.165, 1.54) is 66.6 Å². The summed E-state index contributed by atoms with van der Waals surface area (Å²) in [4.78, 5) is 0.950. The number of hydrogen-bond donors (Lipinski definition) is 0. The fraction of sp³-hybridized carbons (Fsp3) is 0.0588. The molecule has 6 aromatic rings. The maximum atomic E-state index is 9.84. The highest BCUT2D eigenvalue weighted by Gasteiger charge is 2.10. The Balaban J connectivity index is 1.19. The number of rotatable bonds is 6. The third-order valence-electron chi connectivity index (χ3n) is 6.71. The number of benzene rings is 6. The molecule has 6 rings (SSSR count). The summed E-state index contributed by atoms with van der Waals surface area (Å²) < 4.78 is 0. The van der Waals surface area contributed by atoms with Gasteiger partial charge in [-0.25, -0.2) is 0 Å². The molecule has 0 aliphatic carbocycles. The van der Waals surface area contributed by atoms with Gasteiger partial charge in [0, 0.05) is 11.5 Å². The second-order valence-corrected chi connectivity index (χ2v) is 11.2. The predicted molar refractivity (Wildman–Crippen MR) is 164 cm³/mol. The number of nitriles is 2. The maximum Gasteiger partial charge on any atom is 0.109 e. The van der Waals surface area contributed by atoms with Crippen molar-refractivity contribution < 1.29 is 0 Å². The number of thioether (sulfide) groups is 2. The molecule has 0 unspecified atom stereocenters. The minimum absolute atomic E-state index is 0.475. The van der Waals surface area contributed by atoms with Crippen molar-refractivity contribution in [1.82, 2.24) is 0 Å². The van der Waals surface area contributed by atoms with E-state index in [4.69, 9.17) is 0 Å². The Hall–Kier alpha value is -4.22. The summed E-state index contributed by atoms with van der Waals surface area (Å²) in [6.07, 6.45) is 0. The van der Waals surface area contributed by atoms with Crippen LogP contribution in [0.3, 0.4) is 0 Å². The summed E-state index contributed by atoms with van der Waals surface area (Å²) >= 11 is 2.87. The van der Waals surface area contributed by atoms with Gasteiger partial charge in [-0.15, -0.1) is 23.5 Å². The van der Waals surface area contributed by atoms with Gasteiger partial charge in [-0.05, 0) is 78.5 Å². The van der Waals surface area contributed by atoms with E-state index in [1.54, 1.807) is 0 Å². The van der Waals surface area contributed by atoms with Gasteiger partial charge in [0.1, 0.15) is 21.9 Å². The van der Waals surface area contributed by atoms with E-state index >= 15 is 0 Å². The second-order valence-electron chi connectivity index (χ2n) is 9.22. The van der Waals surface area contributed by atoms with Crippen LogP contribution in [0.5, 0.6) is 0 Å². The molecule has 0 bridgehead atoms. The van der Waals surface area contributed by atoms with Crippen LogP contribution in [0.2, 0.25) is 0 Å². The first-order valence-electron chi connectivity index (χ1n) is 12.3. The van der Waals surface area contributed by atoms with Gasteiger partial charge in [0.25, 0.3) is 0 Å². The van der Waals surface area contributed by atoms with Crippen LogP contribution in [0.25, 0.3) is 43.1 Å². The molecule has 6 aromatic carbocycles. The molecule has 180 valence electrons. The molecule has 0 aliphatic rings. The minimum atomic E-state index is 0.475. The molecule has 2 nitrogen and oxygen atoms in total. The van der Waals surface area contributed by atoms with Gasteiger partial charge < -0.3 is 0 Å². The first-order valence-corrected chi connectivity index (χ1v) is 14.3. The molecule has 0 atom stereocenters. The molecule has 0 N–H and O–H groups in total. The average molecular weight is 523 g/mol. The van der Waals surface area contributed by atoms with Gasteiger partial charge in [0.15, 0.2) is 0 Å². The molecule has 0 radical (unpaired) electrons. The van der Waals surface area contributed by atoms with Crippen molar-refractivity contribution in [2.75, 3.05) is 0 Å². The summed E-state index contributed by atoms with van der Waals surface area (Å²) in [5.41, 5.74) is 2.27. The van der Waals surface area contributed by atoms with E-state index < -0.39 is 0 Å². The summed E-state index contributed by atoms with van der Waals surface area (Å²) in [5.74, 6) is 1.28. The molecule has 0 heterocycles. The van der Waals surface area contributed by atoms with Gasteiger partial charge >= 0.3 is 0 Å². The topological polar surface area (TPSA) is 47.6 Å². The van der Waals surface area contributed by atoms with Gasteiger partial charge in [-0.1, -0.05) is 84.9 Å². The van der Waals surface area contributed by atoms with Gasteiger partial charge in [0.2, 0.25) is 0 Å². The van der Waals surface area contributed by atoms with E-state index in [0.29, 0.717) is 21.3 Å². The molecule has 0 aliphatic heterocycles. The Morgan fingerprint density at radius 1 is 0.447 bits per heavy atom. The molecular formula is C34H22N2S2. The average Bonchev–Trinajstić information content (AvgIpc) is 2.96. The first-order chi connectivity index (χ1) is 18.7. The smallest absolute Gasteiger partial charge is 0.109 e. The Morgan fingerprint density at radius 2 is 0.789 bits per heavy atom. The van der Waals surface area contributed by atoms with Gasteiger partial charge in [-0.3, -0.25) is 0 Å². The quantitative estimate of drug-likeness (QED) is 0.161. The van der Waals surface area contributed by atoms with Crippen LogP contribution >= 0.6 is 23.5 Å². The summed E-state index contributed by atoms with van der Waals surface area (Å²) in [6, 6.07) is 43.0. The molecule has 0 aromatic heterocycles. The summed E-state index contributed by atoms with van der Waals surface area (Å²) in [5, 5.41) is 29.3. The van der Waals surface area contributed by atoms with Crippen LogP contribution in [-0.2, 0) is 11.5 Å². The Morgan fingerprint density at radius 3 is 1.16 bits per heavy atom. The summed E-state index contributed by atoms with van der Waals surface area (Å²) in [6.45, 7) is 0. The van der Waals surface area contributed by atoms with E-state index in [2.05, 4.69) is 121 Å². The lowest BCUT2D eigenvalue weighted by Gasteiger charge is -2.08. The standard InChI is InChI=1S/C34H22N2S2/c35-19-33(37-21-23-9-11-29-15-25-5-1-3-7-27(25)17-31(29)13-23)34(20-36)38-22-24-10-12-30-16-26-6-2-4-8-28(26)18-32(30)14-24/h1-18H,21-22H2/b34-33+. The third kappa shape index (κ3) is 4.98. The van der Waals surface area contributed by atoms with E-state index in [-0.39, 0.29) is 0 Å². The fourth-order valence-corrected chi connectivity index (χ4v) is 6.58. The zero-order chi connectivity index (χ0) is 25.9. The Labute approximate surface area is 230 Å². The van der Waals surface area contributed by atoms with E-state index in [0.717, 1.165) is 11.1 Å². The fourth-order valence-electron chi connectivity index (χ4n) is 4.77. The predicted octanol–water partition coefficient (Wildman–Crippen LogP) is 9.72. The molecule has 0 saturated carbocycles. The van der Waals surface area contributed by atoms with Crippen LogP contribution in [0.4, 0.5) is 0 Å². The van der Waals surface area contributed by atoms with E-state index in [1.807, 2.05) is 0 Å². The largest absolute Gasteiger partial charge is 0.192 e. The van der Waals surface area contributed by atoms with Crippen LogP contribution in [0.15, 0.2) is 119 Å². The van der Waals surface area contributed by atoms with Crippen LogP contribution < -0.4 is 0 Å². The molecule has 0 saturated heterocycles. The van der Waals surface area contributed by atoms with Crippen molar-refractivity contribution in [2.24, 2.45) is 0 Å². The van der Waals surface area contributed by atoms with Crippen LogP contribution in [-0.4, -0.2) is 0 Å². The van der Waals surface area contributed by atoms with Gasteiger partial charge in [0.05, 0.1) is 0 Å². The van der Waals surface area contributed by atoms with Gasteiger partial charge in [-0.2, -0.15) is 10.5 Å². The lowest BCUT2D eigenvalue weighted by atomic mass is 10.0. The number of fused-ring (bicyclic) bond motifs is 4. The lowest BCUT2D eigenvalue weighted by molar-refractivity contribution is 1.43. The van der Waals surface area contributed by atoms with E-state index in [9.17, 15) is 10.5 Å². The second kappa shape index (κ2) is 10.6. The summed E-state index contributed by atoms with van der Waals surface area (Å²) in [7, 11) is 0. The highest BCUT2D eigenvalue weighted by atomic mass is 32.2. The normalized spacial score (nSPS) is 11.9. The van der Waals surface area contributed by atoms with Crippen molar-refractivity contribution in [3.8, 4) is 12.1 Å². The Kier molecular flexibility index (Phi) is 6.76. The number of allylic oxidation sites excluding steroid dienone is 2. The zero-order valence-corrected chi connectivity index (χ0v) is 22.2. The molecule has 0 fully saturated rings. The highest BCUT2D eigenvalue weighted by Crippen LogP contribution is 2.33.